The van der Waals surface area contributed by atoms with E-state index in [1.807, 2.05) is 6.07 Å². The lowest BCUT2D eigenvalue weighted by Gasteiger charge is -2.30. The molecule has 1 heterocycles. The highest BCUT2D eigenvalue weighted by Gasteiger charge is 2.13. The first-order valence-corrected chi connectivity index (χ1v) is 5.59. The lowest BCUT2D eigenvalue weighted by molar-refractivity contribution is 0.172. The lowest BCUT2D eigenvalue weighted by atomic mass is 10.1. The Labute approximate surface area is 91.8 Å². The molecule has 2 rings (SSSR count). The van der Waals surface area contributed by atoms with Crippen molar-refractivity contribution in [3.63, 3.8) is 0 Å². The minimum atomic E-state index is 0.785. The predicted molar refractivity (Wildman–Crippen MR) is 59.0 cm³/mol. The van der Waals surface area contributed by atoms with Crippen LogP contribution in [0.3, 0.4) is 0 Å². The summed E-state index contributed by atoms with van der Waals surface area (Å²) in [6.07, 6.45) is 1.34. The van der Waals surface area contributed by atoms with Crippen LogP contribution in [0.15, 0.2) is 22.7 Å². The molecular formula is C10H11BrClN. The normalized spacial score (nSPS) is 17.1. The van der Waals surface area contributed by atoms with Crippen LogP contribution in [0.5, 0.6) is 0 Å². The fraction of sp³-hybridized carbons (Fsp3) is 0.400. The van der Waals surface area contributed by atoms with E-state index in [1.165, 1.54) is 25.1 Å². The molecule has 0 N–H and O–H groups in total. The van der Waals surface area contributed by atoms with Gasteiger partial charge >= 0.3 is 0 Å². The monoisotopic (exact) mass is 259 g/mol. The second kappa shape index (κ2) is 3.99. The van der Waals surface area contributed by atoms with Crippen molar-refractivity contribution < 1.29 is 0 Å². The van der Waals surface area contributed by atoms with E-state index < -0.39 is 0 Å². The average molecular weight is 261 g/mol. The van der Waals surface area contributed by atoms with E-state index in [0.29, 0.717) is 0 Å². The minimum Gasteiger partial charge on any atom is -0.299 e. The van der Waals surface area contributed by atoms with Crippen LogP contribution in [0.2, 0.25) is 5.02 Å². The number of benzene rings is 1. The molecule has 0 radical (unpaired) electrons. The number of hydrogen-bond donors (Lipinski definition) is 0. The quantitative estimate of drug-likeness (QED) is 0.788. The number of hydrogen-bond acceptors (Lipinski definition) is 1. The zero-order chi connectivity index (χ0) is 9.26. The molecule has 13 heavy (non-hydrogen) atoms. The van der Waals surface area contributed by atoms with Crippen LogP contribution < -0.4 is 0 Å². The summed E-state index contributed by atoms with van der Waals surface area (Å²) in [5.41, 5.74) is 1.33. The fourth-order valence-electron chi connectivity index (χ4n) is 1.44. The zero-order valence-electron chi connectivity index (χ0n) is 7.26. The van der Waals surface area contributed by atoms with Gasteiger partial charge in [0.05, 0.1) is 5.02 Å². The van der Waals surface area contributed by atoms with Crippen molar-refractivity contribution in [2.75, 3.05) is 13.1 Å². The van der Waals surface area contributed by atoms with Gasteiger partial charge < -0.3 is 0 Å². The molecule has 3 heteroatoms. The molecule has 1 aliphatic heterocycles. The fourth-order valence-corrected chi connectivity index (χ4v) is 1.98. The summed E-state index contributed by atoms with van der Waals surface area (Å²) in [5, 5.41) is 0.785. The van der Waals surface area contributed by atoms with Crippen LogP contribution in [0.25, 0.3) is 0 Å². The van der Waals surface area contributed by atoms with Crippen molar-refractivity contribution in [1.29, 1.82) is 0 Å². The van der Waals surface area contributed by atoms with Crippen molar-refractivity contribution >= 4 is 27.5 Å². The van der Waals surface area contributed by atoms with Gasteiger partial charge in [0.15, 0.2) is 0 Å². The average Bonchev–Trinajstić information content (AvgIpc) is 2.04. The summed E-state index contributed by atoms with van der Waals surface area (Å²) in [7, 11) is 0. The van der Waals surface area contributed by atoms with E-state index in [2.05, 4.69) is 33.0 Å². The molecule has 0 saturated carbocycles. The molecule has 0 unspecified atom stereocenters. The Bertz CT molecular complexity index is 310. The number of rotatable bonds is 2. The maximum absolute atomic E-state index is 5.90. The third-order valence-corrected chi connectivity index (χ3v) is 3.55. The zero-order valence-corrected chi connectivity index (χ0v) is 9.61. The molecule has 1 aliphatic rings. The van der Waals surface area contributed by atoms with Crippen LogP contribution in [0.4, 0.5) is 0 Å². The first kappa shape index (κ1) is 9.50. The van der Waals surface area contributed by atoms with Gasteiger partial charge in [-0.25, -0.2) is 0 Å². The molecule has 70 valence electrons. The minimum absolute atomic E-state index is 0.785. The topological polar surface area (TPSA) is 3.24 Å². The van der Waals surface area contributed by atoms with Crippen molar-refractivity contribution in [2.45, 2.75) is 13.0 Å². The second-order valence-electron chi connectivity index (χ2n) is 3.38. The maximum atomic E-state index is 5.90. The van der Waals surface area contributed by atoms with E-state index in [4.69, 9.17) is 11.6 Å². The molecule has 1 fully saturated rings. The number of likely N-dealkylation sites (tertiary alicyclic amines) is 1. The molecule has 1 nitrogen and oxygen atoms in total. The second-order valence-corrected chi connectivity index (χ2v) is 4.64. The molecule has 0 amide bonds. The Morgan fingerprint density at radius 2 is 2.15 bits per heavy atom. The summed E-state index contributed by atoms with van der Waals surface area (Å²) < 4.78 is 0.993. The first-order valence-electron chi connectivity index (χ1n) is 4.42. The van der Waals surface area contributed by atoms with E-state index >= 15 is 0 Å². The van der Waals surface area contributed by atoms with Gasteiger partial charge in [-0.2, -0.15) is 0 Å². The molecule has 0 atom stereocenters. The van der Waals surface area contributed by atoms with E-state index in [9.17, 15) is 0 Å². The molecular weight excluding hydrogens is 249 g/mol. The van der Waals surface area contributed by atoms with Gasteiger partial charge in [-0.15, -0.1) is 0 Å². The summed E-state index contributed by atoms with van der Waals surface area (Å²) in [4.78, 5) is 2.43. The van der Waals surface area contributed by atoms with E-state index in [1.54, 1.807) is 0 Å². The van der Waals surface area contributed by atoms with Gasteiger partial charge in [-0.05, 0) is 53.1 Å². The maximum Gasteiger partial charge on any atom is 0.0548 e. The van der Waals surface area contributed by atoms with Gasteiger partial charge in [-0.1, -0.05) is 17.7 Å². The predicted octanol–water partition coefficient (Wildman–Crippen LogP) is 3.31. The molecule has 0 aliphatic carbocycles. The Morgan fingerprint density at radius 1 is 1.38 bits per heavy atom. The largest absolute Gasteiger partial charge is 0.299 e. The summed E-state index contributed by atoms with van der Waals surface area (Å²) in [5.74, 6) is 0. The van der Waals surface area contributed by atoms with Gasteiger partial charge in [0, 0.05) is 11.0 Å². The van der Waals surface area contributed by atoms with Gasteiger partial charge in [0.1, 0.15) is 0 Å². The number of nitrogens with zero attached hydrogens (tertiary/aromatic N) is 1. The van der Waals surface area contributed by atoms with Crippen LogP contribution >= 0.6 is 27.5 Å². The van der Waals surface area contributed by atoms with E-state index in [0.717, 1.165) is 16.0 Å². The summed E-state index contributed by atoms with van der Waals surface area (Å²) in [6.45, 7) is 3.52. The Hall–Kier alpha value is -0.0500. The van der Waals surface area contributed by atoms with Gasteiger partial charge in [0.2, 0.25) is 0 Å². The third-order valence-electron chi connectivity index (χ3n) is 2.34. The lowest BCUT2D eigenvalue weighted by Crippen LogP contribution is -2.36. The Morgan fingerprint density at radius 3 is 2.69 bits per heavy atom. The molecule has 1 aromatic rings. The smallest absolute Gasteiger partial charge is 0.0548 e. The highest BCUT2D eigenvalue weighted by Crippen LogP contribution is 2.24. The Kier molecular flexibility index (Phi) is 2.92. The summed E-state index contributed by atoms with van der Waals surface area (Å²) in [6, 6.07) is 6.13. The molecule has 1 aromatic carbocycles. The van der Waals surface area contributed by atoms with E-state index in [-0.39, 0.29) is 0 Å². The third kappa shape index (κ3) is 2.25. The van der Waals surface area contributed by atoms with Crippen molar-refractivity contribution in [2.24, 2.45) is 0 Å². The highest BCUT2D eigenvalue weighted by molar-refractivity contribution is 9.10. The molecule has 0 spiro atoms. The molecule has 1 saturated heterocycles. The summed E-state index contributed by atoms with van der Waals surface area (Å²) >= 11 is 9.33. The van der Waals surface area contributed by atoms with Gasteiger partial charge in [0.25, 0.3) is 0 Å². The SMILES string of the molecule is Clc1ccc(CN2CCC2)cc1Br. The highest BCUT2D eigenvalue weighted by atomic mass is 79.9. The molecule has 0 bridgehead atoms. The van der Waals surface area contributed by atoms with Gasteiger partial charge in [-0.3, -0.25) is 4.90 Å². The Balaban J connectivity index is 2.07. The van der Waals surface area contributed by atoms with Crippen molar-refractivity contribution in [3.05, 3.63) is 33.3 Å². The van der Waals surface area contributed by atoms with Crippen molar-refractivity contribution in [3.8, 4) is 0 Å². The van der Waals surface area contributed by atoms with Crippen LogP contribution in [0, 0.1) is 0 Å². The van der Waals surface area contributed by atoms with Crippen LogP contribution in [-0.2, 0) is 6.54 Å². The van der Waals surface area contributed by atoms with Crippen LogP contribution in [0.1, 0.15) is 12.0 Å². The van der Waals surface area contributed by atoms with Crippen LogP contribution in [-0.4, -0.2) is 18.0 Å². The molecule has 0 aromatic heterocycles. The number of halogens is 2. The first-order chi connectivity index (χ1) is 6.25. The standard InChI is InChI=1S/C10H11BrClN/c11-9-6-8(2-3-10(9)12)7-13-4-1-5-13/h2-3,6H,1,4-5,7H2. The van der Waals surface area contributed by atoms with Crippen molar-refractivity contribution in [1.82, 2.24) is 4.90 Å².